The lowest BCUT2D eigenvalue weighted by Crippen LogP contribution is -2.34. The van der Waals surface area contributed by atoms with Crippen molar-refractivity contribution >= 4 is 88.2 Å². The molecule has 1 unspecified atom stereocenters. The molecule has 1 atom stereocenters. The molecule has 7 aromatic carbocycles. The average Bonchev–Trinajstić information content (AvgIpc) is 3.95. The van der Waals surface area contributed by atoms with Crippen LogP contribution >= 0.6 is 0 Å². The molecule has 1 aliphatic rings. The van der Waals surface area contributed by atoms with Crippen molar-refractivity contribution in [2.75, 3.05) is 0 Å². The maximum absolute atomic E-state index is 7.43. The third-order valence-electron chi connectivity index (χ3n) is 11.8. The normalized spacial score (nSPS) is 16.1. The lowest BCUT2D eigenvalue weighted by Gasteiger charge is -2.36. The maximum atomic E-state index is 7.43. The highest BCUT2D eigenvalue weighted by Crippen LogP contribution is 2.51. The van der Waals surface area contributed by atoms with Crippen molar-refractivity contribution in [3.05, 3.63) is 175 Å². The van der Waals surface area contributed by atoms with Gasteiger partial charge >= 0.3 is 0 Å². The van der Waals surface area contributed by atoms with Gasteiger partial charge in [0, 0.05) is 55.4 Å². The van der Waals surface area contributed by atoms with Crippen LogP contribution in [-0.4, -0.2) is 13.7 Å². The van der Waals surface area contributed by atoms with Gasteiger partial charge in [0.2, 0.25) is 0 Å². The molecule has 0 saturated heterocycles. The van der Waals surface area contributed by atoms with Crippen LogP contribution in [0, 0.1) is 0 Å². The first-order valence-electron chi connectivity index (χ1n) is 18.4. The first-order chi connectivity index (χ1) is 26.2. The highest BCUT2D eigenvalue weighted by Gasteiger charge is 2.42. The van der Waals surface area contributed by atoms with Crippen LogP contribution in [0.2, 0.25) is 0 Å². The molecule has 0 amide bonds. The molecule has 0 saturated carbocycles. The fourth-order valence-electron chi connectivity index (χ4n) is 9.69. The second-order valence-electron chi connectivity index (χ2n) is 14.7. The van der Waals surface area contributed by atoms with Crippen LogP contribution in [0.25, 0.3) is 93.8 Å². The monoisotopic (exact) mass is 679 g/mol. The summed E-state index contributed by atoms with van der Waals surface area (Å²) in [6, 6.07) is 59.4. The van der Waals surface area contributed by atoms with Gasteiger partial charge in [-0.05, 0) is 55.5 Å². The highest BCUT2D eigenvalue weighted by atomic mass is 16.3. The van der Waals surface area contributed by atoms with Gasteiger partial charge in [-0.1, -0.05) is 121 Å². The smallest absolute Gasteiger partial charge is 0.159 e. The Morgan fingerprint density at radius 1 is 0.434 bits per heavy atom. The van der Waals surface area contributed by atoms with Crippen molar-refractivity contribution in [3.8, 4) is 5.69 Å². The minimum Gasteiger partial charge on any atom is -0.456 e. The van der Waals surface area contributed by atoms with Gasteiger partial charge in [-0.3, -0.25) is 0 Å². The predicted octanol–water partition coefficient (Wildman–Crippen LogP) is 12.9. The van der Waals surface area contributed by atoms with E-state index in [1.807, 2.05) is 0 Å². The molecule has 0 fully saturated rings. The van der Waals surface area contributed by atoms with E-state index in [0.29, 0.717) is 0 Å². The molecule has 4 nitrogen and oxygen atoms in total. The summed E-state index contributed by atoms with van der Waals surface area (Å²) in [5, 5.41) is 8.62. The Morgan fingerprint density at radius 2 is 0.830 bits per heavy atom. The Kier molecular flexibility index (Phi) is 5.66. The van der Waals surface area contributed by atoms with Crippen molar-refractivity contribution in [1.82, 2.24) is 13.7 Å². The topological polar surface area (TPSA) is 27.9 Å². The summed E-state index contributed by atoms with van der Waals surface area (Å²) in [4.78, 5) is 0. The SMILES string of the molecule is CC1(n2c3ccccc3c3ccccc32)CC(n2c3ccccc3c3ccccc32)=Cc2c1oc1c(-n3c4ccccc4c4ccccc43)cccc21. The van der Waals surface area contributed by atoms with E-state index in [1.54, 1.807) is 0 Å². The van der Waals surface area contributed by atoms with E-state index >= 15 is 0 Å². The number of aromatic nitrogens is 3. The molecular formula is C49H33N3O. The second kappa shape index (κ2) is 10.4. The Hall–Kier alpha value is -6.78. The van der Waals surface area contributed by atoms with Gasteiger partial charge in [0.05, 0.1) is 38.8 Å². The summed E-state index contributed by atoms with van der Waals surface area (Å²) in [6.07, 6.45) is 3.14. The van der Waals surface area contributed by atoms with E-state index < -0.39 is 5.54 Å². The molecule has 4 aromatic heterocycles. The summed E-state index contributed by atoms with van der Waals surface area (Å²) in [6.45, 7) is 2.38. The van der Waals surface area contributed by atoms with Gasteiger partial charge in [-0.25, -0.2) is 0 Å². The van der Waals surface area contributed by atoms with Gasteiger partial charge < -0.3 is 18.1 Å². The predicted molar refractivity (Wildman–Crippen MR) is 221 cm³/mol. The van der Waals surface area contributed by atoms with Crippen molar-refractivity contribution in [3.63, 3.8) is 0 Å². The molecule has 0 bridgehead atoms. The van der Waals surface area contributed by atoms with Crippen LogP contribution < -0.4 is 0 Å². The molecule has 0 N–H and O–H groups in total. The first-order valence-corrected chi connectivity index (χ1v) is 18.4. The number of para-hydroxylation sites is 7. The Balaban J connectivity index is 1.22. The average molecular weight is 680 g/mol. The molecule has 0 spiro atoms. The Labute approximate surface area is 305 Å². The van der Waals surface area contributed by atoms with Crippen LogP contribution in [0.3, 0.4) is 0 Å². The van der Waals surface area contributed by atoms with E-state index in [-0.39, 0.29) is 0 Å². The number of hydrogen-bond acceptors (Lipinski definition) is 1. The summed E-state index contributed by atoms with van der Waals surface area (Å²) in [5.41, 5.74) is 10.9. The first kappa shape index (κ1) is 28.9. The lowest BCUT2D eigenvalue weighted by molar-refractivity contribution is 0.336. The summed E-state index contributed by atoms with van der Waals surface area (Å²) >= 11 is 0. The third kappa shape index (κ3) is 3.74. The standard InChI is InChI=1S/C49H33N3O/c1-49(52-44-26-12-6-19-36(44)37-20-7-13-27-45(37)52)30-31(50-40-22-8-2-15-32(40)33-16-3-9-23-41(33)50)29-39-38-21-14-28-46(47(38)53-48(39)49)51-42-24-10-4-17-34(42)35-18-5-11-25-43(35)51/h2-29H,30H2,1H3. The number of benzene rings is 7. The minimum atomic E-state index is -0.578. The molecule has 11 aromatic rings. The van der Waals surface area contributed by atoms with Crippen LogP contribution in [0.1, 0.15) is 24.7 Å². The molecule has 0 aliphatic heterocycles. The Morgan fingerprint density at radius 3 is 1.32 bits per heavy atom. The number of rotatable bonds is 3. The zero-order chi connectivity index (χ0) is 34.8. The molecule has 53 heavy (non-hydrogen) atoms. The van der Waals surface area contributed by atoms with Gasteiger partial charge in [-0.2, -0.15) is 0 Å². The number of allylic oxidation sites excluding steroid dienone is 1. The van der Waals surface area contributed by atoms with Crippen LogP contribution in [-0.2, 0) is 5.54 Å². The van der Waals surface area contributed by atoms with E-state index in [4.69, 9.17) is 4.42 Å². The number of hydrogen-bond donors (Lipinski definition) is 0. The van der Waals surface area contributed by atoms with Crippen LogP contribution in [0.5, 0.6) is 0 Å². The second-order valence-corrected chi connectivity index (χ2v) is 14.7. The van der Waals surface area contributed by atoms with Crippen molar-refractivity contribution in [2.24, 2.45) is 0 Å². The molecule has 1 aliphatic carbocycles. The van der Waals surface area contributed by atoms with Crippen LogP contribution in [0.4, 0.5) is 0 Å². The zero-order valence-corrected chi connectivity index (χ0v) is 29.1. The zero-order valence-electron chi connectivity index (χ0n) is 29.1. The van der Waals surface area contributed by atoms with Crippen molar-refractivity contribution in [2.45, 2.75) is 18.9 Å². The van der Waals surface area contributed by atoms with E-state index in [1.165, 1.54) is 71.1 Å². The fourth-order valence-corrected chi connectivity index (χ4v) is 9.69. The van der Waals surface area contributed by atoms with Gasteiger partial charge in [0.1, 0.15) is 11.3 Å². The minimum absolute atomic E-state index is 0.578. The van der Waals surface area contributed by atoms with Gasteiger partial charge in [0.15, 0.2) is 5.58 Å². The molecular weight excluding hydrogens is 647 g/mol. The fraction of sp³-hybridized carbons (Fsp3) is 0.0612. The number of nitrogens with zero attached hydrogens (tertiary/aromatic N) is 3. The van der Waals surface area contributed by atoms with Crippen molar-refractivity contribution in [1.29, 1.82) is 0 Å². The molecule has 4 heterocycles. The molecule has 12 rings (SSSR count). The number of furan rings is 1. The highest BCUT2D eigenvalue weighted by molar-refractivity contribution is 6.13. The Bertz CT molecular complexity index is 3190. The number of fused-ring (bicyclic) bond motifs is 12. The summed E-state index contributed by atoms with van der Waals surface area (Å²) in [5.74, 6) is 0.983. The molecule has 0 radical (unpaired) electrons. The summed E-state index contributed by atoms with van der Waals surface area (Å²) < 4.78 is 14.9. The maximum Gasteiger partial charge on any atom is 0.159 e. The molecule has 250 valence electrons. The molecule has 4 heteroatoms. The summed E-state index contributed by atoms with van der Waals surface area (Å²) in [7, 11) is 0. The van der Waals surface area contributed by atoms with Crippen molar-refractivity contribution < 1.29 is 4.42 Å². The van der Waals surface area contributed by atoms with Crippen LogP contribution in [0.15, 0.2) is 168 Å². The largest absolute Gasteiger partial charge is 0.456 e. The van der Waals surface area contributed by atoms with E-state index in [2.05, 4.69) is 190 Å². The van der Waals surface area contributed by atoms with Gasteiger partial charge in [0.25, 0.3) is 0 Å². The van der Waals surface area contributed by atoms with Gasteiger partial charge in [-0.15, -0.1) is 0 Å². The van der Waals surface area contributed by atoms with E-state index in [9.17, 15) is 0 Å². The van der Waals surface area contributed by atoms with E-state index in [0.717, 1.165) is 34.4 Å². The quantitative estimate of drug-likeness (QED) is 0.183. The lowest BCUT2D eigenvalue weighted by atomic mass is 9.83. The third-order valence-corrected chi connectivity index (χ3v) is 11.8.